The third kappa shape index (κ3) is 4.73. The van der Waals surface area contributed by atoms with Crippen LogP contribution in [0.1, 0.15) is 44.1 Å². The van der Waals surface area contributed by atoms with Gasteiger partial charge in [0.2, 0.25) is 0 Å². The van der Waals surface area contributed by atoms with Crippen LogP contribution in [0.3, 0.4) is 0 Å². The number of carbonyl (C=O) groups excluding carboxylic acids is 1. The summed E-state index contributed by atoms with van der Waals surface area (Å²) in [4.78, 5) is 10.5. The fourth-order valence-electron chi connectivity index (χ4n) is 2.79. The first kappa shape index (κ1) is 14.7. The van der Waals surface area contributed by atoms with Crippen molar-refractivity contribution in [3.8, 4) is 0 Å². The number of rotatable bonds is 6. The van der Waals surface area contributed by atoms with E-state index in [-0.39, 0.29) is 0 Å². The van der Waals surface area contributed by atoms with E-state index in [0.717, 1.165) is 23.6 Å². The third-order valence-electron chi connectivity index (χ3n) is 3.87. The van der Waals surface area contributed by atoms with Gasteiger partial charge in [0.1, 0.15) is 6.29 Å². The second-order valence-corrected chi connectivity index (χ2v) is 6.18. The summed E-state index contributed by atoms with van der Waals surface area (Å²) < 4.78 is 7.18. The minimum atomic E-state index is 0.331. The van der Waals surface area contributed by atoms with Crippen LogP contribution in [0.2, 0.25) is 0 Å². The van der Waals surface area contributed by atoms with Crippen molar-refractivity contribution < 1.29 is 9.53 Å². The predicted octanol–water partition coefficient (Wildman–Crippen LogP) is 4.50. The summed E-state index contributed by atoms with van der Waals surface area (Å²) in [6.07, 6.45) is 7.89. The van der Waals surface area contributed by atoms with Crippen molar-refractivity contribution in [2.45, 2.75) is 51.2 Å². The van der Waals surface area contributed by atoms with Gasteiger partial charge in [-0.3, -0.25) is 0 Å². The molecule has 1 aromatic carbocycles. The summed E-state index contributed by atoms with van der Waals surface area (Å²) >= 11 is 3.44. The van der Waals surface area contributed by atoms with Crippen LogP contribution < -0.4 is 0 Å². The lowest BCUT2D eigenvalue weighted by molar-refractivity contribution is -0.108. The molecule has 0 aromatic heterocycles. The van der Waals surface area contributed by atoms with Gasteiger partial charge < -0.3 is 9.53 Å². The maximum atomic E-state index is 10.5. The van der Waals surface area contributed by atoms with Crippen LogP contribution in [0, 0.1) is 5.92 Å². The quantitative estimate of drug-likeness (QED) is 0.720. The van der Waals surface area contributed by atoms with E-state index in [4.69, 9.17) is 4.74 Å². The summed E-state index contributed by atoms with van der Waals surface area (Å²) in [6.45, 7) is 0.676. The number of carbonyl (C=O) groups is 1. The average molecular weight is 325 g/mol. The molecule has 0 saturated heterocycles. The van der Waals surface area contributed by atoms with Crippen LogP contribution in [0.15, 0.2) is 28.7 Å². The Bertz CT molecular complexity index is 388. The van der Waals surface area contributed by atoms with Crippen LogP contribution >= 0.6 is 15.9 Å². The molecule has 0 amide bonds. The topological polar surface area (TPSA) is 26.3 Å². The fourth-order valence-corrected chi connectivity index (χ4v) is 3.05. The Morgan fingerprint density at radius 3 is 2.68 bits per heavy atom. The fraction of sp³-hybridized carbons (Fsp3) is 0.562. The molecule has 2 atom stereocenters. The molecule has 0 N–H and O–H groups in total. The Balaban J connectivity index is 1.85. The largest absolute Gasteiger partial charge is 0.373 e. The van der Waals surface area contributed by atoms with Gasteiger partial charge in [0.05, 0.1) is 12.7 Å². The molecule has 0 bridgehead atoms. The standard InChI is InChI=1S/C16H21BrO2/c17-15-9-7-13(8-10-15)12-19-16-6-2-1-4-14(16)5-3-11-18/h7-11,14,16H,1-6,12H2/t14-,16+/m0/s1. The minimum Gasteiger partial charge on any atom is -0.373 e. The van der Waals surface area contributed by atoms with E-state index in [0.29, 0.717) is 25.0 Å². The number of halogens is 1. The van der Waals surface area contributed by atoms with Crippen LogP contribution in [-0.4, -0.2) is 12.4 Å². The molecule has 2 rings (SSSR count). The zero-order chi connectivity index (χ0) is 13.5. The highest BCUT2D eigenvalue weighted by Gasteiger charge is 2.25. The van der Waals surface area contributed by atoms with Gasteiger partial charge in [-0.2, -0.15) is 0 Å². The normalized spacial score (nSPS) is 23.2. The second-order valence-electron chi connectivity index (χ2n) is 5.26. The lowest BCUT2D eigenvalue weighted by Gasteiger charge is -2.31. The first-order valence-corrected chi connectivity index (χ1v) is 7.88. The molecular weight excluding hydrogens is 304 g/mol. The molecule has 1 fully saturated rings. The maximum Gasteiger partial charge on any atom is 0.120 e. The van der Waals surface area contributed by atoms with Gasteiger partial charge >= 0.3 is 0 Å². The summed E-state index contributed by atoms with van der Waals surface area (Å²) in [6, 6.07) is 8.27. The Morgan fingerprint density at radius 2 is 1.95 bits per heavy atom. The monoisotopic (exact) mass is 324 g/mol. The van der Waals surface area contributed by atoms with E-state index in [1.54, 1.807) is 0 Å². The van der Waals surface area contributed by atoms with E-state index in [2.05, 4.69) is 28.1 Å². The SMILES string of the molecule is O=CCC[C@@H]1CCCC[C@H]1OCc1ccc(Br)cc1. The molecule has 0 heterocycles. The lowest BCUT2D eigenvalue weighted by Crippen LogP contribution is -2.27. The Labute approximate surface area is 123 Å². The van der Waals surface area contributed by atoms with Gasteiger partial charge in [-0.15, -0.1) is 0 Å². The van der Waals surface area contributed by atoms with Crippen molar-refractivity contribution in [3.05, 3.63) is 34.3 Å². The van der Waals surface area contributed by atoms with Crippen molar-refractivity contribution in [1.29, 1.82) is 0 Å². The molecule has 0 spiro atoms. The van der Waals surface area contributed by atoms with E-state index in [1.165, 1.54) is 24.8 Å². The van der Waals surface area contributed by atoms with Gasteiger partial charge in [-0.1, -0.05) is 40.9 Å². The van der Waals surface area contributed by atoms with Crippen LogP contribution in [0.5, 0.6) is 0 Å². The molecule has 0 radical (unpaired) electrons. The molecule has 1 aromatic rings. The molecule has 1 saturated carbocycles. The van der Waals surface area contributed by atoms with Crippen molar-refractivity contribution >= 4 is 22.2 Å². The van der Waals surface area contributed by atoms with Crippen molar-refractivity contribution in [2.24, 2.45) is 5.92 Å². The van der Waals surface area contributed by atoms with E-state index >= 15 is 0 Å². The van der Waals surface area contributed by atoms with Gasteiger partial charge in [0.15, 0.2) is 0 Å². The summed E-state index contributed by atoms with van der Waals surface area (Å²) in [5, 5.41) is 0. The third-order valence-corrected chi connectivity index (χ3v) is 4.40. The number of hydrogen-bond donors (Lipinski definition) is 0. The van der Waals surface area contributed by atoms with E-state index in [9.17, 15) is 4.79 Å². The smallest absolute Gasteiger partial charge is 0.120 e. The highest BCUT2D eigenvalue weighted by Crippen LogP contribution is 2.30. The summed E-state index contributed by atoms with van der Waals surface area (Å²) in [5.41, 5.74) is 1.21. The van der Waals surface area contributed by atoms with Gasteiger partial charge in [-0.25, -0.2) is 0 Å². The first-order valence-electron chi connectivity index (χ1n) is 7.09. The summed E-state index contributed by atoms with van der Waals surface area (Å²) in [5.74, 6) is 0.564. The molecule has 1 aliphatic rings. The molecule has 104 valence electrons. The number of ether oxygens (including phenoxy) is 1. The maximum absolute atomic E-state index is 10.5. The number of hydrogen-bond acceptors (Lipinski definition) is 2. The van der Waals surface area contributed by atoms with Gasteiger partial charge in [0, 0.05) is 10.9 Å². The second kappa shape index (κ2) is 7.81. The number of aldehydes is 1. The summed E-state index contributed by atoms with van der Waals surface area (Å²) in [7, 11) is 0. The van der Waals surface area contributed by atoms with E-state index in [1.807, 2.05) is 12.1 Å². The van der Waals surface area contributed by atoms with Crippen LogP contribution in [0.4, 0.5) is 0 Å². The van der Waals surface area contributed by atoms with Crippen LogP contribution in [0.25, 0.3) is 0 Å². The highest BCUT2D eigenvalue weighted by atomic mass is 79.9. The molecule has 0 unspecified atom stereocenters. The number of benzene rings is 1. The zero-order valence-electron chi connectivity index (χ0n) is 11.2. The zero-order valence-corrected chi connectivity index (χ0v) is 12.8. The first-order chi connectivity index (χ1) is 9.29. The predicted molar refractivity (Wildman–Crippen MR) is 80.0 cm³/mol. The molecule has 3 heteroatoms. The Kier molecular flexibility index (Phi) is 6.05. The Hall–Kier alpha value is -0.670. The minimum absolute atomic E-state index is 0.331. The lowest BCUT2D eigenvalue weighted by atomic mass is 9.83. The van der Waals surface area contributed by atoms with Crippen molar-refractivity contribution in [1.82, 2.24) is 0 Å². The van der Waals surface area contributed by atoms with Crippen molar-refractivity contribution in [2.75, 3.05) is 0 Å². The van der Waals surface area contributed by atoms with Gasteiger partial charge in [0.25, 0.3) is 0 Å². The molecule has 19 heavy (non-hydrogen) atoms. The molecular formula is C16H21BrO2. The van der Waals surface area contributed by atoms with Gasteiger partial charge in [-0.05, 0) is 42.9 Å². The van der Waals surface area contributed by atoms with E-state index < -0.39 is 0 Å². The van der Waals surface area contributed by atoms with Crippen molar-refractivity contribution in [3.63, 3.8) is 0 Å². The van der Waals surface area contributed by atoms with Crippen LogP contribution in [-0.2, 0) is 16.1 Å². The molecule has 0 aliphatic heterocycles. The molecule has 2 nitrogen and oxygen atoms in total. The highest BCUT2D eigenvalue weighted by molar-refractivity contribution is 9.10. The Morgan fingerprint density at radius 1 is 1.21 bits per heavy atom. The average Bonchev–Trinajstić information content (AvgIpc) is 2.45. The molecule has 1 aliphatic carbocycles.